The highest BCUT2D eigenvalue weighted by Crippen LogP contribution is 2.28. The number of benzene rings is 1. The highest BCUT2D eigenvalue weighted by molar-refractivity contribution is 9.10. The number of hydrogen-bond donors (Lipinski definition) is 0. The molecule has 0 spiro atoms. The Morgan fingerprint density at radius 2 is 2.17 bits per heavy atom. The monoisotopic (exact) mass is 323 g/mol. The van der Waals surface area contributed by atoms with Crippen LogP contribution >= 0.6 is 27.5 Å². The van der Waals surface area contributed by atoms with Gasteiger partial charge >= 0.3 is 0 Å². The number of rotatable bonds is 2. The average Bonchev–Trinajstić information content (AvgIpc) is 2.61. The highest BCUT2D eigenvalue weighted by Gasteiger charge is 2.15. The van der Waals surface area contributed by atoms with Gasteiger partial charge in [-0.2, -0.15) is 10.4 Å². The van der Waals surface area contributed by atoms with Crippen molar-refractivity contribution in [2.24, 2.45) is 0 Å². The Hall–Kier alpha value is -1.31. The van der Waals surface area contributed by atoms with Crippen LogP contribution in [0.4, 0.5) is 0 Å². The summed E-state index contributed by atoms with van der Waals surface area (Å²) in [4.78, 5) is 0. The molecule has 18 heavy (non-hydrogen) atoms. The van der Waals surface area contributed by atoms with Crippen molar-refractivity contribution in [1.82, 2.24) is 9.78 Å². The maximum Gasteiger partial charge on any atom is 0.114 e. The standard InChI is InChI=1S/C13H11BrClN3/c1-8-11(15)4-3-5-12(8)18-13(14)10(6-7-16)9(2)17-18/h3-5H,6H2,1-2H3. The predicted molar refractivity (Wildman–Crippen MR) is 75.1 cm³/mol. The van der Waals surface area contributed by atoms with E-state index >= 15 is 0 Å². The summed E-state index contributed by atoms with van der Waals surface area (Å²) in [6.45, 7) is 3.85. The van der Waals surface area contributed by atoms with Gasteiger partial charge < -0.3 is 0 Å². The molecule has 0 unspecified atom stereocenters. The molecule has 2 rings (SSSR count). The van der Waals surface area contributed by atoms with Crippen molar-refractivity contribution in [3.63, 3.8) is 0 Å². The van der Waals surface area contributed by atoms with Crippen molar-refractivity contribution in [1.29, 1.82) is 5.26 Å². The quantitative estimate of drug-likeness (QED) is 0.838. The number of aromatic nitrogens is 2. The van der Waals surface area contributed by atoms with E-state index in [2.05, 4.69) is 27.1 Å². The molecular formula is C13H11BrClN3. The molecule has 92 valence electrons. The topological polar surface area (TPSA) is 41.6 Å². The molecule has 1 aromatic heterocycles. The largest absolute Gasteiger partial charge is 0.226 e. The van der Waals surface area contributed by atoms with Crippen molar-refractivity contribution >= 4 is 27.5 Å². The first-order chi connectivity index (χ1) is 8.56. The number of halogens is 2. The highest BCUT2D eigenvalue weighted by atomic mass is 79.9. The van der Waals surface area contributed by atoms with Crippen molar-refractivity contribution in [3.8, 4) is 11.8 Å². The molecule has 0 fully saturated rings. The van der Waals surface area contributed by atoms with Crippen LogP contribution in [0.3, 0.4) is 0 Å². The Bertz CT molecular complexity index is 640. The number of hydrogen-bond acceptors (Lipinski definition) is 2. The smallest absolute Gasteiger partial charge is 0.114 e. The van der Waals surface area contributed by atoms with Crippen LogP contribution in [0.5, 0.6) is 0 Å². The molecular weight excluding hydrogens is 314 g/mol. The minimum Gasteiger partial charge on any atom is -0.226 e. The summed E-state index contributed by atoms with van der Waals surface area (Å²) in [5, 5.41) is 14.0. The summed E-state index contributed by atoms with van der Waals surface area (Å²) < 4.78 is 2.59. The second kappa shape index (κ2) is 5.13. The fourth-order valence-corrected chi connectivity index (χ4v) is 2.66. The summed E-state index contributed by atoms with van der Waals surface area (Å²) in [5.41, 5.74) is 3.65. The van der Waals surface area contributed by atoms with Gasteiger partial charge in [0.2, 0.25) is 0 Å². The maximum atomic E-state index is 8.82. The van der Waals surface area contributed by atoms with Crippen molar-refractivity contribution < 1.29 is 0 Å². The second-order valence-electron chi connectivity index (χ2n) is 3.99. The third-order valence-corrected chi connectivity index (χ3v) is 4.07. The van der Waals surface area contributed by atoms with Crippen LogP contribution in [0.2, 0.25) is 5.02 Å². The molecule has 3 nitrogen and oxygen atoms in total. The van der Waals surface area contributed by atoms with Gasteiger partial charge in [-0.15, -0.1) is 0 Å². The molecule has 0 saturated carbocycles. The number of aryl methyl sites for hydroxylation is 1. The molecule has 1 heterocycles. The average molecular weight is 325 g/mol. The molecule has 0 aliphatic carbocycles. The van der Waals surface area contributed by atoms with E-state index in [1.807, 2.05) is 32.0 Å². The molecule has 0 atom stereocenters. The van der Waals surface area contributed by atoms with E-state index < -0.39 is 0 Å². The van der Waals surface area contributed by atoms with Gasteiger partial charge in [-0.05, 0) is 47.5 Å². The molecule has 0 bridgehead atoms. The second-order valence-corrected chi connectivity index (χ2v) is 5.14. The lowest BCUT2D eigenvalue weighted by Crippen LogP contribution is -2.00. The predicted octanol–water partition coefficient (Wildman–Crippen LogP) is 3.97. The van der Waals surface area contributed by atoms with E-state index in [1.54, 1.807) is 4.68 Å². The first kappa shape index (κ1) is 13.1. The Morgan fingerprint density at radius 1 is 1.44 bits per heavy atom. The molecule has 0 N–H and O–H groups in total. The van der Waals surface area contributed by atoms with Gasteiger partial charge in [0.05, 0.1) is 23.9 Å². The Kier molecular flexibility index (Phi) is 3.74. The maximum absolute atomic E-state index is 8.82. The lowest BCUT2D eigenvalue weighted by Gasteiger charge is -2.08. The minimum atomic E-state index is 0.339. The van der Waals surface area contributed by atoms with Gasteiger partial charge in [-0.1, -0.05) is 17.7 Å². The molecule has 0 saturated heterocycles. The zero-order valence-corrected chi connectivity index (χ0v) is 12.4. The molecule has 0 radical (unpaired) electrons. The summed E-state index contributed by atoms with van der Waals surface area (Å²) in [7, 11) is 0. The molecule has 0 aliphatic rings. The van der Waals surface area contributed by atoms with Crippen molar-refractivity contribution in [2.45, 2.75) is 20.3 Å². The zero-order chi connectivity index (χ0) is 13.3. The van der Waals surface area contributed by atoms with E-state index in [4.69, 9.17) is 16.9 Å². The Labute approximate surface area is 119 Å². The van der Waals surface area contributed by atoms with Crippen LogP contribution in [0.1, 0.15) is 16.8 Å². The van der Waals surface area contributed by atoms with Crippen LogP contribution in [-0.4, -0.2) is 9.78 Å². The van der Waals surface area contributed by atoms with E-state index in [1.165, 1.54) is 0 Å². The summed E-state index contributed by atoms with van der Waals surface area (Å²) in [6.07, 6.45) is 0.339. The molecule has 5 heteroatoms. The van der Waals surface area contributed by atoms with E-state index in [9.17, 15) is 0 Å². The lowest BCUT2D eigenvalue weighted by atomic mass is 10.2. The fraction of sp³-hybridized carbons (Fsp3) is 0.231. The van der Waals surface area contributed by atoms with Gasteiger partial charge in [0.25, 0.3) is 0 Å². The van der Waals surface area contributed by atoms with Gasteiger partial charge in [0, 0.05) is 10.6 Å². The molecule has 0 amide bonds. The molecule has 2 aromatic rings. The van der Waals surface area contributed by atoms with Gasteiger partial charge in [-0.3, -0.25) is 0 Å². The van der Waals surface area contributed by atoms with E-state index in [0.717, 1.165) is 27.1 Å². The lowest BCUT2D eigenvalue weighted by molar-refractivity contribution is 0.839. The molecule has 1 aromatic carbocycles. The van der Waals surface area contributed by atoms with Crippen molar-refractivity contribution in [3.05, 3.63) is 44.6 Å². The zero-order valence-electron chi connectivity index (χ0n) is 10.0. The Balaban J connectivity index is 2.62. The van der Waals surface area contributed by atoms with Gasteiger partial charge in [0.1, 0.15) is 4.60 Å². The van der Waals surface area contributed by atoms with Crippen LogP contribution in [-0.2, 0) is 6.42 Å². The van der Waals surface area contributed by atoms with Gasteiger partial charge in [0.15, 0.2) is 0 Å². The van der Waals surface area contributed by atoms with Crippen LogP contribution in [0, 0.1) is 25.2 Å². The third-order valence-electron chi connectivity index (χ3n) is 2.84. The minimum absolute atomic E-state index is 0.339. The summed E-state index contributed by atoms with van der Waals surface area (Å²) >= 11 is 9.62. The van der Waals surface area contributed by atoms with E-state index in [0.29, 0.717) is 11.4 Å². The first-order valence-electron chi connectivity index (χ1n) is 5.42. The summed E-state index contributed by atoms with van der Waals surface area (Å²) in [6, 6.07) is 7.84. The van der Waals surface area contributed by atoms with Crippen LogP contribution in [0.15, 0.2) is 22.8 Å². The SMILES string of the molecule is Cc1nn(-c2cccc(Cl)c2C)c(Br)c1CC#N. The van der Waals surface area contributed by atoms with Crippen LogP contribution in [0.25, 0.3) is 5.69 Å². The van der Waals surface area contributed by atoms with Gasteiger partial charge in [-0.25, -0.2) is 4.68 Å². The van der Waals surface area contributed by atoms with Crippen LogP contribution < -0.4 is 0 Å². The third kappa shape index (κ3) is 2.16. The summed E-state index contributed by atoms with van der Waals surface area (Å²) in [5.74, 6) is 0. The number of nitrogens with zero attached hydrogens (tertiary/aromatic N) is 3. The number of nitriles is 1. The van der Waals surface area contributed by atoms with Crippen molar-refractivity contribution in [2.75, 3.05) is 0 Å². The Morgan fingerprint density at radius 3 is 2.83 bits per heavy atom. The fourth-order valence-electron chi connectivity index (χ4n) is 1.80. The first-order valence-corrected chi connectivity index (χ1v) is 6.59. The molecule has 0 aliphatic heterocycles. The van der Waals surface area contributed by atoms with E-state index in [-0.39, 0.29) is 0 Å². The normalized spacial score (nSPS) is 10.4.